The lowest BCUT2D eigenvalue weighted by molar-refractivity contribution is 0.370. The molecule has 0 unspecified atom stereocenters. The number of likely N-dealkylation sites (tertiary alicyclic amines) is 1. The number of sulfonamides is 1. The number of hydrogen-bond acceptors (Lipinski definition) is 4. The van der Waals surface area contributed by atoms with Gasteiger partial charge in [-0.3, -0.25) is 4.99 Å². The van der Waals surface area contributed by atoms with Crippen LogP contribution in [0, 0.1) is 5.41 Å². The van der Waals surface area contributed by atoms with Gasteiger partial charge in [0.2, 0.25) is 10.0 Å². The SMILES string of the molecule is CCNC(=NCCS(=O)(=O)N1CCSCC1)N1CCC(C)(C)C1. The number of nitrogens with one attached hydrogen (secondary N) is 1. The smallest absolute Gasteiger partial charge is 0.215 e. The van der Waals surface area contributed by atoms with Crippen molar-refractivity contribution in [3.05, 3.63) is 0 Å². The van der Waals surface area contributed by atoms with Crippen molar-refractivity contribution in [3.8, 4) is 0 Å². The first-order valence-corrected chi connectivity index (χ1v) is 11.2. The minimum absolute atomic E-state index is 0.101. The van der Waals surface area contributed by atoms with Crippen LogP contribution in [0.3, 0.4) is 0 Å². The second-order valence-corrected chi connectivity index (χ2v) is 10.2. The molecule has 2 rings (SSSR count). The molecule has 2 aliphatic heterocycles. The molecule has 0 aromatic rings. The summed E-state index contributed by atoms with van der Waals surface area (Å²) in [5, 5.41) is 3.29. The summed E-state index contributed by atoms with van der Waals surface area (Å²) in [5.74, 6) is 2.74. The van der Waals surface area contributed by atoms with E-state index in [1.807, 2.05) is 18.7 Å². The van der Waals surface area contributed by atoms with Gasteiger partial charge in [-0.15, -0.1) is 0 Å². The predicted octanol–water partition coefficient (Wildman–Crippen LogP) is 1.06. The summed E-state index contributed by atoms with van der Waals surface area (Å²) in [4.78, 5) is 6.81. The van der Waals surface area contributed by atoms with E-state index in [2.05, 4.69) is 29.1 Å². The minimum atomic E-state index is -3.17. The van der Waals surface area contributed by atoms with Crippen LogP contribution in [0.15, 0.2) is 4.99 Å². The molecule has 134 valence electrons. The Kier molecular flexibility index (Phi) is 6.62. The zero-order valence-corrected chi connectivity index (χ0v) is 16.2. The molecule has 2 heterocycles. The number of rotatable bonds is 5. The highest BCUT2D eigenvalue weighted by Crippen LogP contribution is 2.28. The van der Waals surface area contributed by atoms with Crippen molar-refractivity contribution in [1.29, 1.82) is 0 Å². The standard InChI is InChI=1S/C15H30N4O2S2/c1-4-16-14(18-7-5-15(2,3)13-18)17-6-12-23(20,21)19-8-10-22-11-9-19/h4-13H2,1-3H3,(H,16,17). The predicted molar refractivity (Wildman–Crippen MR) is 98.6 cm³/mol. The average Bonchev–Trinajstić information content (AvgIpc) is 2.87. The van der Waals surface area contributed by atoms with Crippen molar-refractivity contribution in [1.82, 2.24) is 14.5 Å². The van der Waals surface area contributed by atoms with Gasteiger partial charge in [0.15, 0.2) is 5.96 Å². The summed E-state index contributed by atoms with van der Waals surface area (Å²) in [6.07, 6.45) is 1.14. The molecule has 0 aromatic heterocycles. The van der Waals surface area contributed by atoms with E-state index in [1.165, 1.54) is 0 Å². The zero-order chi connectivity index (χ0) is 16.9. The molecule has 1 N–H and O–H groups in total. The van der Waals surface area contributed by atoms with Crippen LogP contribution in [-0.2, 0) is 10.0 Å². The quantitative estimate of drug-likeness (QED) is 0.585. The summed E-state index contributed by atoms with van der Waals surface area (Å²) in [7, 11) is -3.17. The number of thioether (sulfide) groups is 1. The molecular formula is C15H30N4O2S2. The maximum absolute atomic E-state index is 12.4. The van der Waals surface area contributed by atoms with Gasteiger partial charge in [0.05, 0.1) is 12.3 Å². The van der Waals surface area contributed by atoms with Crippen LogP contribution in [0.4, 0.5) is 0 Å². The maximum atomic E-state index is 12.4. The van der Waals surface area contributed by atoms with E-state index in [9.17, 15) is 8.42 Å². The molecule has 0 saturated carbocycles. The monoisotopic (exact) mass is 362 g/mol. The van der Waals surface area contributed by atoms with Gasteiger partial charge in [-0.2, -0.15) is 11.8 Å². The van der Waals surface area contributed by atoms with Crippen molar-refractivity contribution in [3.63, 3.8) is 0 Å². The molecule has 0 spiro atoms. The van der Waals surface area contributed by atoms with Crippen molar-refractivity contribution in [2.75, 3.05) is 56.5 Å². The van der Waals surface area contributed by atoms with Crippen LogP contribution >= 0.6 is 11.8 Å². The van der Waals surface area contributed by atoms with Crippen LogP contribution in [-0.4, -0.2) is 80.1 Å². The lowest BCUT2D eigenvalue weighted by atomic mass is 9.93. The fraction of sp³-hybridized carbons (Fsp3) is 0.933. The first-order valence-electron chi connectivity index (χ1n) is 8.43. The Morgan fingerprint density at radius 3 is 2.52 bits per heavy atom. The Balaban J connectivity index is 1.92. The second-order valence-electron chi connectivity index (χ2n) is 6.90. The molecule has 8 heteroatoms. The third-order valence-corrected chi connectivity index (χ3v) is 7.08. The molecule has 0 aliphatic carbocycles. The normalized spacial score (nSPS) is 23.3. The Morgan fingerprint density at radius 1 is 1.26 bits per heavy atom. The van der Waals surface area contributed by atoms with Crippen LogP contribution in [0.2, 0.25) is 0 Å². The van der Waals surface area contributed by atoms with Crippen molar-refractivity contribution in [2.24, 2.45) is 10.4 Å². The van der Waals surface area contributed by atoms with E-state index < -0.39 is 10.0 Å². The van der Waals surface area contributed by atoms with Gasteiger partial charge in [-0.05, 0) is 18.8 Å². The number of hydrogen-bond donors (Lipinski definition) is 1. The van der Waals surface area contributed by atoms with Crippen LogP contribution < -0.4 is 5.32 Å². The molecule has 0 amide bonds. The van der Waals surface area contributed by atoms with E-state index in [0.717, 1.165) is 43.5 Å². The summed E-state index contributed by atoms with van der Waals surface area (Å²) in [6.45, 7) is 10.9. The van der Waals surface area contributed by atoms with Crippen molar-refractivity contribution < 1.29 is 8.42 Å². The zero-order valence-electron chi connectivity index (χ0n) is 14.5. The topological polar surface area (TPSA) is 65.0 Å². The lowest BCUT2D eigenvalue weighted by Gasteiger charge is -2.26. The van der Waals surface area contributed by atoms with Crippen molar-refractivity contribution in [2.45, 2.75) is 27.2 Å². The summed E-state index contributed by atoms with van der Waals surface area (Å²) in [6, 6.07) is 0. The molecule has 2 fully saturated rings. The fourth-order valence-corrected chi connectivity index (χ4v) is 5.39. The maximum Gasteiger partial charge on any atom is 0.215 e. The van der Waals surface area contributed by atoms with Crippen LogP contribution in [0.1, 0.15) is 27.2 Å². The fourth-order valence-electron chi connectivity index (χ4n) is 2.94. The molecule has 2 saturated heterocycles. The molecular weight excluding hydrogens is 332 g/mol. The first-order chi connectivity index (χ1) is 10.8. The van der Waals surface area contributed by atoms with E-state index in [1.54, 1.807) is 4.31 Å². The molecule has 0 radical (unpaired) electrons. The largest absolute Gasteiger partial charge is 0.357 e. The highest BCUT2D eigenvalue weighted by molar-refractivity contribution is 7.99. The number of guanidine groups is 1. The minimum Gasteiger partial charge on any atom is -0.357 e. The highest BCUT2D eigenvalue weighted by Gasteiger charge is 2.31. The highest BCUT2D eigenvalue weighted by atomic mass is 32.2. The molecule has 6 nitrogen and oxygen atoms in total. The summed E-state index contributed by atoms with van der Waals surface area (Å²) < 4.78 is 26.3. The van der Waals surface area contributed by atoms with Crippen LogP contribution in [0.25, 0.3) is 0 Å². The Morgan fingerprint density at radius 2 is 1.96 bits per heavy atom. The van der Waals surface area contributed by atoms with Gasteiger partial charge in [0, 0.05) is 44.2 Å². The van der Waals surface area contributed by atoms with E-state index in [0.29, 0.717) is 25.0 Å². The molecule has 0 atom stereocenters. The third-order valence-electron chi connectivity index (χ3n) is 4.29. The Bertz CT molecular complexity index is 514. The van der Waals surface area contributed by atoms with Crippen molar-refractivity contribution >= 4 is 27.7 Å². The van der Waals surface area contributed by atoms with E-state index in [4.69, 9.17) is 0 Å². The first kappa shape index (κ1) is 18.9. The number of aliphatic imine (C=N–C) groups is 1. The molecule has 0 bridgehead atoms. The van der Waals surface area contributed by atoms with Gasteiger partial charge < -0.3 is 10.2 Å². The molecule has 2 aliphatic rings. The number of nitrogens with zero attached hydrogens (tertiary/aromatic N) is 3. The summed E-state index contributed by atoms with van der Waals surface area (Å²) >= 11 is 1.82. The van der Waals surface area contributed by atoms with Crippen LogP contribution in [0.5, 0.6) is 0 Å². The van der Waals surface area contributed by atoms with Gasteiger partial charge in [0.25, 0.3) is 0 Å². The van der Waals surface area contributed by atoms with Gasteiger partial charge in [0.1, 0.15) is 0 Å². The Hall–Kier alpha value is -0.470. The average molecular weight is 363 g/mol. The Labute approximate surface area is 145 Å². The van der Waals surface area contributed by atoms with Gasteiger partial charge >= 0.3 is 0 Å². The second kappa shape index (κ2) is 8.07. The summed E-state index contributed by atoms with van der Waals surface area (Å²) in [5.41, 5.74) is 0.299. The van der Waals surface area contributed by atoms with E-state index in [-0.39, 0.29) is 5.75 Å². The lowest BCUT2D eigenvalue weighted by Crippen LogP contribution is -2.42. The van der Waals surface area contributed by atoms with E-state index >= 15 is 0 Å². The molecule has 23 heavy (non-hydrogen) atoms. The molecule has 0 aromatic carbocycles. The van der Waals surface area contributed by atoms with Gasteiger partial charge in [-0.1, -0.05) is 13.8 Å². The third kappa shape index (κ3) is 5.53. The van der Waals surface area contributed by atoms with Gasteiger partial charge in [-0.25, -0.2) is 12.7 Å².